The number of hydrogen-bond acceptors (Lipinski definition) is 5. The van der Waals surface area contributed by atoms with Gasteiger partial charge in [-0.15, -0.1) is 0 Å². The van der Waals surface area contributed by atoms with E-state index in [4.69, 9.17) is 23.2 Å². The van der Waals surface area contributed by atoms with Gasteiger partial charge in [0.05, 0.1) is 11.4 Å². The molecule has 57 heavy (non-hydrogen) atoms. The number of aromatic nitrogens is 2. The monoisotopic (exact) mass is 730 g/mol. The molecule has 0 saturated carbocycles. The fourth-order valence-electron chi connectivity index (χ4n) is 8.32. The van der Waals surface area contributed by atoms with Gasteiger partial charge >= 0.3 is 0 Å². The molecule has 0 radical (unpaired) electrons. The number of benzene rings is 8. The van der Waals surface area contributed by atoms with E-state index in [1.165, 1.54) is 0 Å². The third kappa shape index (κ3) is 5.17. The lowest BCUT2D eigenvalue weighted by atomic mass is 9.91. The van der Waals surface area contributed by atoms with Gasteiger partial charge in [0.1, 0.15) is 33.5 Å². The molecule has 0 atom stereocenters. The van der Waals surface area contributed by atoms with Crippen molar-refractivity contribution in [3.8, 4) is 56.2 Å². The largest absolute Gasteiger partial charge is 0.456 e. The third-order valence-electron chi connectivity index (χ3n) is 11.1. The first-order valence-electron chi connectivity index (χ1n) is 19.0. The molecule has 266 valence electrons. The summed E-state index contributed by atoms with van der Waals surface area (Å²) in [6.45, 7) is 0. The van der Waals surface area contributed by atoms with E-state index < -0.39 is 0 Å². The Morgan fingerprint density at radius 3 is 1.32 bits per heavy atom. The van der Waals surface area contributed by atoms with Crippen molar-refractivity contribution in [2.45, 2.75) is 0 Å². The minimum atomic E-state index is 0.652. The lowest BCUT2D eigenvalue weighted by molar-refractivity contribution is 0.668. The summed E-state index contributed by atoms with van der Waals surface area (Å²) in [6.07, 6.45) is 0. The van der Waals surface area contributed by atoms with Crippen LogP contribution in [0.4, 0.5) is 0 Å². The van der Waals surface area contributed by atoms with Crippen LogP contribution in [-0.2, 0) is 0 Å². The Hall–Kier alpha value is -7.76. The molecule has 5 heteroatoms. The quantitative estimate of drug-likeness (QED) is 0.176. The third-order valence-corrected chi connectivity index (χ3v) is 11.1. The summed E-state index contributed by atoms with van der Waals surface area (Å²) in [5, 5.41) is 6.47. The highest BCUT2D eigenvalue weighted by Crippen LogP contribution is 2.41. The molecule has 5 nitrogen and oxygen atoms in total. The minimum absolute atomic E-state index is 0.652. The van der Waals surface area contributed by atoms with Crippen molar-refractivity contribution in [2.75, 3.05) is 0 Å². The Labute approximate surface area is 326 Å². The SMILES string of the molecule is c1ccc(-c2nc(-c3ccc4oc5ccccc5c4c3)cc(-c3cc(-c4ccc5oc6ccccc6c5c4)ccc3-c3ccc4oc5ccccc5c4c3)n2)cc1. The molecule has 8 aromatic carbocycles. The van der Waals surface area contributed by atoms with E-state index in [9.17, 15) is 0 Å². The molecule has 12 aromatic rings. The van der Waals surface area contributed by atoms with Gasteiger partial charge in [-0.2, -0.15) is 0 Å². The highest BCUT2D eigenvalue weighted by atomic mass is 16.3. The summed E-state index contributed by atoms with van der Waals surface area (Å²) in [4.78, 5) is 10.6. The van der Waals surface area contributed by atoms with Crippen LogP contribution < -0.4 is 0 Å². The zero-order chi connectivity index (χ0) is 37.5. The summed E-state index contributed by atoms with van der Waals surface area (Å²) < 4.78 is 18.6. The lowest BCUT2D eigenvalue weighted by Crippen LogP contribution is -1.97. The van der Waals surface area contributed by atoms with Gasteiger partial charge in [-0.05, 0) is 95.1 Å². The maximum Gasteiger partial charge on any atom is 0.160 e. The van der Waals surface area contributed by atoms with E-state index in [-0.39, 0.29) is 0 Å². The van der Waals surface area contributed by atoms with E-state index in [0.29, 0.717) is 5.82 Å². The molecule has 4 aromatic heterocycles. The topological polar surface area (TPSA) is 65.2 Å². The van der Waals surface area contributed by atoms with Crippen LogP contribution >= 0.6 is 0 Å². The second-order valence-corrected chi connectivity index (χ2v) is 14.5. The zero-order valence-electron chi connectivity index (χ0n) is 30.4. The van der Waals surface area contributed by atoms with Crippen molar-refractivity contribution in [3.05, 3.63) is 182 Å². The van der Waals surface area contributed by atoms with Crippen molar-refractivity contribution < 1.29 is 13.3 Å². The Morgan fingerprint density at radius 2 is 0.702 bits per heavy atom. The Morgan fingerprint density at radius 1 is 0.263 bits per heavy atom. The van der Waals surface area contributed by atoms with Crippen LogP contribution in [0.1, 0.15) is 0 Å². The predicted octanol–water partition coefficient (Wildman–Crippen LogP) is 14.5. The molecular formula is C52H30N2O3. The smallest absolute Gasteiger partial charge is 0.160 e. The van der Waals surface area contributed by atoms with Crippen molar-refractivity contribution in [3.63, 3.8) is 0 Å². The number of fused-ring (bicyclic) bond motifs is 9. The van der Waals surface area contributed by atoms with Crippen molar-refractivity contribution in [1.82, 2.24) is 9.97 Å². The second-order valence-electron chi connectivity index (χ2n) is 14.5. The second kappa shape index (κ2) is 12.4. The first-order valence-corrected chi connectivity index (χ1v) is 19.0. The van der Waals surface area contributed by atoms with Gasteiger partial charge in [-0.25, -0.2) is 9.97 Å². The summed E-state index contributed by atoms with van der Waals surface area (Å²) in [5.74, 6) is 0.652. The summed E-state index contributed by atoms with van der Waals surface area (Å²) in [6, 6.07) is 62.8. The molecule has 12 rings (SSSR count). The lowest BCUT2D eigenvalue weighted by Gasteiger charge is -2.15. The average molecular weight is 731 g/mol. The van der Waals surface area contributed by atoms with Crippen LogP contribution in [0.15, 0.2) is 195 Å². The van der Waals surface area contributed by atoms with Gasteiger partial charge < -0.3 is 13.3 Å². The summed E-state index contributed by atoms with van der Waals surface area (Å²) in [7, 11) is 0. The number of rotatable bonds is 5. The highest BCUT2D eigenvalue weighted by Gasteiger charge is 2.19. The summed E-state index contributed by atoms with van der Waals surface area (Å²) >= 11 is 0. The van der Waals surface area contributed by atoms with Gasteiger partial charge in [0.15, 0.2) is 5.82 Å². The van der Waals surface area contributed by atoms with Crippen LogP contribution in [-0.4, -0.2) is 9.97 Å². The van der Waals surface area contributed by atoms with Crippen molar-refractivity contribution >= 4 is 65.8 Å². The number of nitrogens with zero attached hydrogens (tertiary/aromatic N) is 2. The fraction of sp³-hybridized carbons (Fsp3) is 0. The molecule has 0 amide bonds. The molecular weight excluding hydrogens is 701 g/mol. The number of hydrogen-bond donors (Lipinski definition) is 0. The average Bonchev–Trinajstić information content (AvgIpc) is 3.97. The molecule has 0 spiro atoms. The normalized spacial score (nSPS) is 11.9. The Kier molecular flexibility index (Phi) is 6.86. The Bertz CT molecular complexity index is 3540. The van der Waals surface area contributed by atoms with Crippen LogP contribution in [0.25, 0.3) is 122 Å². The van der Waals surface area contributed by atoms with E-state index in [0.717, 1.165) is 116 Å². The molecule has 0 aliphatic rings. The van der Waals surface area contributed by atoms with Gasteiger partial charge in [-0.3, -0.25) is 0 Å². The minimum Gasteiger partial charge on any atom is -0.456 e. The van der Waals surface area contributed by atoms with Crippen LogP contribution in [0, 0.1) is 0 Å². The molecule has 0 fully saturated rings. The van der Waals surface area contributed by atoms with Gasteiger partial charge in [-0.1, -0.05) is 109 Å². The fourth-order valence-corrected chi connectivity index (χ4v) is 8.32. The zero-order valence-corrected chi connectivity index (χ0v) is 30.4. The van der Waals surface area contributed by atoms with Gasteiger partial charge in [0.25, 0.3) is 0 Å². The maximum absolute atomic E-state index is 6.24. The van der Waals surface area contributed by atoms with Gasteiger partial charge in [0, 0.05) is 49.0 Å². The molecule has 0 aliphatic heterocycles. The highest BCUT2D eigenvalue weighted by molar-refractivity contribution is 6.09. The maximum atomic E-state index is 6.24. The van der Waals surface area contributed by atoms with Crippen LogP contribution in [0.5, 0.6) is 0 Å². The molecule has 4 heterocycles. The first-order chi connectivity index (χ1) is 28.2. The summed E-state index contributed by atoms with van der Waals surface area (Å²) in [5.41, 5.74) is 14.0. The van der Waals surface area contributed by atoms with E-state index in [1.807, 2.05) is 66.7 Å². The van der Waals surface area contributed by atoms with Gasteiger partial charge in [0.2, 0.25) is 0 Å². The molecule has 0 unspecified atom stereocenters. The van der Waals surface area contributed by atoms with Crippen LogP contribution in [0.3, 0.4) is 0 Å². The van der Waals surface area contributed by atoms with Crippen molar-refractivity contribution in [1.29, 1.82) is 0 Å². The van der Waals surface area contributed by atoms with Crippen LogP contribution in [0.2, 0.25) is 0 Å². The van der Waals surface area contributed by atoms with E-state index in [1.54, 1.807) is 0 Å². The standard InChI is InChI=1S/C52H30N2O3/c1-2-10-31(11-3-1)52-53-44(35-21-25-51-43(29-35)39-14-6-9-17-48(39)57-51)30-45(54-52)40-26-32(33-19-23-49-41(27-33)37-12-4-7-15-46(37)55-49)18-22-36(40)34-20-24-50-42(28-34)38-13-5-8-16-47(38)56-50/h1-30H. The molecule has 0 saturated heterocycles. The molecule has 0 N–H and O–H groups in total. The van der Waals surface area contributed by atoms with E-state index >= 15 is 0 Å². The first kappa shape index (κ1) is 31.6. The molecule has 0 aliphatic carbocycles. The Balaban J connectivity index is 1.10. The predicted molar refractivity (Wildman–Crippen MR) is 231 cm³/mol. The van der Waals surface area contributed by atoms with E-state index in [2.05, 4.69) is 115 Å². The van der Waals surface area contributed by atoms with Crippen molar-refractivity contribution in [2.24, 2.45) is 0 Å². The molecule has 0 bridgehead atoms. The number of furan rings is 3. The number of para-hydroxylation sites is 3.